The Morgan fingerprint density at radius 2 is 1.62 bits per heavy atom. The number of amides is 1. The van der Waals surface area contributed by atoms with Crippen molar-refractivity contribution in [3.05, 3.63) is 0 Å². The summed E-state index contributed by atoms with van der Waals surface area (Å²) in [6.45, 7) is 9.51. The van der Waals surface area contributed by atoms with Crippen LogP contribution in [0.5, 0.6) is 0 Å². The Kier molecular flexibility index (Phi) is 24.6. The minimum Gasteiger partial charge on any atom is -0.351 e. The maximum atomic E-state index is 9.43. The second-order valence-electron chi connectivity index (χ2n) is 3.02. The second-order valence-corrected chi connectivity index (χ2v) is 3.02. The highest BCUT2D eigenvalue weighted by atomic mass is 16.1. The van der Waals surface area contributed by atoms with Crippen molar-refractivity contribution in [3.63, 3.8) is 0 Å². The number of hydrogen-bond donors (Lipinski definition) is 1. The normalized spacial score (nSPS) is 7.69. The van der Waals surface area contributed by atoms with Crippen LogP contribution in [-0.2, 0) is 4.79 Å². The van der Waals surface area contributed by atoms with E-state index in [-0.39, 0.29) is 0 Å². The SMILES string of the molecule is CC.CN(C)C=O.CNCC(C)C. The maximum Gasteiger partial charge on any atom is 0.209 e. The Morgan fingerprint density at radius 3 is 1.62 bits per heavy atom. The summed E-state index contributed by atoms with van der Waals surface area (Å²) in [7, 11) is 5.35. The Labute approximate surface area is 83.5 Å². The molecule has 0 fully saturated rings. The summed E-state index contributed by atoms with van der Waals surface area (Å²) in [5, 5.41) is 3.07. The topological polar surface area (TPSA) is 32.3 Å². The van der Waals surface area contributed by atoms with Gasteiger partial charge in [-0.15, -0.1) is 0 Å². The molecule has 0 aliphatic carbocycles. The van der Waals surface area contributed by atoms with Crippen molar-refractivity contribution in [3.8, 4) is 0 Å². The molecule has 0 saturated carbocycles. The van der Waals surface area contributed by atoms with E-state index in [9.17, 15) is 4.79 Å². The molecule has 0 rings (SSSR count). The third-order valence-corrected chi connectivity index (χ3v) is 0.823. The van der Waals surface area contributed by atoms with E-state index in [1.165, 1.54) is 4.90 Å². The van der Waals surface area contributed by atoms with Gasteiger partial charge >= 0.3 is 0 Å². The number of nitrogens with one attached hydrogen (secondary N) is 1. The molecule has 0 spiro atoms. The first-order chi connectivity index (χ1) is 6.04. The van der Waals surface area contributed by atoms with Crippen molar-refractivity contribution in [2.24, 2.45) is 5.92 Å². The Balaban J connectivity index is -0.000000131. The molecule has 0 aliphatic rings. The van der Waals surface area contributed by atoms with Gasteiger partial charge < -0.3 is 10.2 Å². The molecule has 0 aromatic carbocycles. The largest absolute Gasteiger partial charge is 0.351 e. The van der Waals surface area contributed by atoms with Gasteiger partial charge in [0.15, 0.2) is 0 Å². The molecule has 0 bridgehead atoms. The molecular formula is C10H26N2O. The van der Waals surface area contributed by atoms with Crippen LogP contribution in [0.3, 0.4) is 0 Å². The lowest BCUT2D eigenvalue weighted by Gasteiger charge is -1.98. The van der Waals surface area contributed by atoms with Crippen molar-refractivity contribution < 1.29 is 4.79 Å². The number of carbonyl (C=O) groups excluding carboxylic acids is 1. The van der Waals surface area contributed by atoms with E-state index in [1.807, 2.05) is 20.9 Å². The van der Waals surface area contributed by atoms with Crippen LogP contribution in [0.15, 0.2) is 0 Å². The van der Waals surface area contributed by atoms with Crippen LogP contribution in [0.25, 0.3) is 0 Å². The molecule has 3 heteroatoms. The molecule has 0 atom stereocenters. The van der Waals surface area contributed by atoms with Gasteiger partial charge in [0.25, 0.3) is 0 Å². The summed E-state index contributed by atoms with van der Waals surface area (Å²) < 4.78 is 0. The van der Waals surface area contributed by atoms with E-state index in [1.54, 1.807) is 14.1 Å². The zero-order chi connectivity index (χ0) is 11.3. The first-order valence-electron chi connectivity index (χ1n) is 4.80. The number of rotatable bonds is 3. The van der Waals surface area contributed by atoms with Crippen molar-refractivity contribution in [2.75, 3.05) is 27.7 Å². The number of carbonyl (C=O) groups is 1. The minimum atomic E-state index is 0.750. The van der Waals surface area contributed by atoms with Gasteiger partial charge in [-0.05, 0) is 19.5 Å². The molecule has 0 heterocycles. The lowest BCUT2D eigenvalue weighted by molar-refractivity contribution is -0.115. The van der Waals surface area contributed by atoms with E-state index in [4.69, 9.17) is 0 Å². The molecular weight excluding hydrogens is 164 g/mol. The third-order valence-electron chi connectivity index (χ3n) is 0.823. The number of nitrogens with zero attached hydrogens (tertiary/aromatic N) is 1. The zero-order valence-corrected chi connectivity index (χ0v) is 10.2. The highest BCUT2D eigenvalue weighted by Crippen LogP contribution is 1.83. The molecule has 0 aliphatic heterocycles. The highest BCUT2D eigenvalue weighted by molar-refractivity contribution is 5.45. The van der Waals surface area contributed by atoms with E-state index < -0.39 is 0 Å². The minimum absolute atomic E-state index is 0.750. The Morgan fingerprint density at radius 1 is 1.31 bits per heavy atom. The first kappa shape index (κ1) is 18.3. The molecule has 13 heavy (non-hydrogen) atoms. The van der Waals surface area contributed by atoms with Gasteiger partial charge in [-0.25, -0.2) is 0 Å². The second kappa shape index (κ2) is 17.5. The molecule has 0 aromatic rings. The first-order valence-corrected chi connectivity index (χ1v) is 4.80. The molecule has 82 valence electrons. The smallest absolute Gasteiger partial charge is 0.209 e. The van der Waals surface area contributed by atoms with E-state index in [0.29, 0.717) is 0 Å². The fourth-order valence-corrected chi connectivity index (χ4v) is 0.408. The van der Waals surface area contributed by atoms with Gasteiger partial charge in [0, 0.05) is 14.1 Å². The summed E-state index contributed by atoms with van der Waals surface area (Å²) in [4.78, 5) is 10.9. The summed E-state index contributed by atoms with van der Waals surface area (Å²) in [6.07, 6.45) is 0.750. The van der Waals surface area contributed by atoms with Gasteiger partial charge in [0.1, 0.15) is 0 Å². The van der Waals surface area contributed by atoms with E-state index in [0.717, 1.165) is 18.9 Å². The molecule has 3 nitrogen and oxygen atoms in total. The van der Waals surface area contributed by atoms with E-state index >= 15 is 0 Å². The lowest BCUT2D eigenvalue weighted by atomic mass is 10.2. The van der Waals surface area contributed by atoms with Crippen LogP contribution in [0.2, 0.25) is 0 Å². The quantitative estimate of drug-likeness (QED) is 0.685. The van der Waals surface area contributed by atoms with Gasteiger partial charge in [0.05, 0.1) is 0 Å². The van der Waals surface area contributed by atoms with E-state index in [2.05, 4.69) is 19.2 Å². The van der Waals surface area contributed by atoms with Crippen LogP contribution in [0.4, 0.5) is 0 Å². The van der Waals surface area contributed by atoms with Crippen molar-refractivity contribution in [1.29, 1.82) is 0 Å². The van der Waals surface area contributed by atoms with Crippen molar-refractivity contribution >= 4 is 6.41 Å². The van der Waals surface area contributed by atoms with Crippen molar-refractivity contribution in [2.45, 2.75) is 27.7 Å². The van der Waals surface area contributed by atoms with Crippen LogP contribution < -0.4 is 5.32 Å². The third kappa shape index (κ3) is 51.8. The van der Waals surface area contributed by atoms with Gasteiger partial charge in [-0.2, -0.15) is 0 Å². The van der Waals surface area contributed by atoms with Crippen molar-refractivity contribution in [1.82, 2.24) is 10.2 Å². The van der Waals surface area contributed by atoms with Gasteiger partial charge in [-0.3, -0.25) is 4.79 Å². The highest BCUT2D eigenvalue weighted by Gasteiger charge is 1.84. The summed E-state index contributed by atoms with van der Waals surface area (Å²) in [5.41, 5.74) is 0. The van der Waals surface area contributed by atoms with Crippen LogP contribution in [0, 0.1) is 5.92 Å². The summed E-state index contributed by atoms with van der Waals surface area (Å²) >= 11 is 0. The van der Waals surface area contributed by atoms with Crippen LogP contribution in [0.1, 0.15) is 27.7 Å². The summed E-state index contributed by atoms with van der Waals surface area (Å²) in [5.74, 6) is 0.787. The standard InChI is InChI=1S/C5H13N.C3H7NO.C2H6/c1-5(2)4-6-3;1-4(2)3-5;1-2/h5-6H,4H2,1-3H3;3H,1-2H3;1-2H3. The molecule has 1 amide bonds. The number of hydrogen-bond acceptors (Lipinski definition) is 2. The average molecular weight is 190 g/mol. The lowest BCUT2D eigenvalue weighted by Crippen LogP contribution is -2.12. The molecule has 0 saturated heterocycles. The van der Waals surface area contributed by atoms with Gasteiger partial charge in [0.2, 0.25) is 6.41 Å². The molecule has 0 radical (unpaired) electrons. The summed E-state index contributed by atoms with van der Waals surface area (Å²) in [6, 6.07) is 0. The fourth-order valence-electron chi connectivity index (χ4n) is 0.408. The van der Waals surface area contributed by atoms with Gasteiger partial charge in [-0.1, -0.05) is 27.7 Å². The fraction of sp³-hybridized carbons (Fsp3) is 0.900. The van der Waals surface area contributed by atoms with Crippen LogP contribution in [-0.4, -0.2) is 39.0 Å². The molecule has 0 unspecified atom stereocenters. The zero-order valence-electron chi connectivity index (χ0n) is 10.2. The Bertz CT molecular complexity index is 83.0. The monoisotopic (exact) mass is 190 g/mol. The predicted molar refractivity (Wildman–Crippen MR) is 59.9 cm³/mol. The maximum absolute atomic E-state index is 9.43. The Hall–Kier alpha value is -0.570. The molecule has 1 N–H and O–H groups in total. The average Bonchev–Trinajstić information content (AvgIpc) is 2.09. The predicted octanol–water partition coefficient (Wildman–Crippen LogP) is 1.59. The molecule has 0 aromatic heterocycles. The van der Waals surface area contributed by atoms with Crippen LogP contribution >= 0.6 is 0 Å².